The summed E-state index contributed by atoms with van der Waals surface area (Å²) in [5, 5.41) is 7.77. The molecule has 11 aromatic rings. The van der Waals surface area contributed by atoms with Gasteiger partial charge in [0.25, 0.3) is 0 Å². The fraction of sp³-hybridized carbons (Fsp3) is 0. The lowest BCUT2D eigenvalue weighted by molar-refractivity contribution is 1.17. The molecule has 0 atom stereocenters. The van der Waals surface area contributed by atoms with Gasteiger partial charge in [0.2, 0.25) is 0 Å². The van der Waals surface area contributed by atoms with Crippen LogP contribution >= 0.6 is 11.3 Å². The summed E-state index contributed by atoms with van der Waals surface area (Å²) < 4.78 is 7.53. The maximum absolute atomic E-state index is 2.43. The highest BCUT2D eigenvalue weighted by atomic mass is 32.1. The zero-order chi connectivity index (χ0) is 33.5. The molecule has 0 saturated carbocycles. The number of thiophene rings is 1. The van der Waals surface area contributed by atoms with E-state index in [0.29, 0.717) is 0 Å². The maximum atomic E-state index is 2.43. The summed E-state index contributed by atoms with van der Waals surface area (Å²) in [6, 6.07) is 66.6. The van der Waals surface area contributed by atoms with Crippen LogP contribution in [0.3, 0.4) is 0 Å². The van der Waals surface area contributed by atoms with Crippen molar-refractivity contribution in [3.8, 4) is 33.6 Å². The molecule has 8 aromatic carbocycles. The number of aromatic nitrogens is 2. The van der Waals surface area contributed by atoms with E-state index in [0.717, 1.165) is 11.4 Å². The van der Waals surface area contributed by atoms with Crippen molar-refractivity contribution in [2.24, 2.45) is 0 Å². The fourth-order valence-corrected chi connectivity index (χ4v) is 9.30. The maximum Gasteiger partial charge on any atom is 0.0548 e. The Kier molecular flexibility index (Phi) is 6.16. The van der Waals surface area contributed by atoms with Crippen molar-refractivity contribution < 1.29 is 0 Å². The van der Waals surface area contributed by atoms with Crippen molar-refractivity contribution >= 4 is 75.1 Å². The Bertz CT molecular complexity index is 3100. The third-order valence-corrected chi connectivity index (χ3v) is 11.7. The van der Waals surface area contributed by atoms with E-state index in [4.69, 9.17) is 0 Å². The molecule has 11 rings (SSSR count). The van der Waals surface area contributed by atoms with Crippen molar-refractivity contribution in [2.75, 3.05) is 0 Å². The molecular weight excluding hydrogens is 637 g/mol. The quantitative estimate of drug-likeness (QED) is 0.177. The van der Waals surface area contributed by atoms with E-state index < -0.39 is 0 Å². The molecule has 3 heterocycles. The van der Waals surface area contributed by atoms with Crippen molar-refractivity contribution in [2.45, 2.75) is 0 Å². The highest BCUT2D eigenvalue weighted by molar-refractivity contribution is 7.25. The Labute approximate surface area is 298 Å². The van der Waals surface area contributed by atoms with E-state index in [1.807, 2.05) is 11.3 Å². The SMILES string of the molecule is c1ccc(-c2ccc(-n3c4ccccc4c4c5c6ccccc6n(-c6ccc(-c7ccc8sc9ccccc9c8c7)cc6)c5ccc43)cc2)cc1. The van der Waals surface area contributed by atoms with Crippen LogP contribution in [0.15, 0.2) is 182 Å². The van der Waals surface area contributed by atoms with Crippen molar-refractivity contribution in [1.82, 2.24) is 9.13 Å². The molecule has 0 saturated heterocycles. The molecule has 0 unspecified atom stereocenters. The molecular formula is C48H30N2S. The van der Waals surface area contributed by atoms with Gasteiger partial charge in [-0.25, -0.2) is 0 Å². The van der Waals surface area contributed by atoms with Crippen LogP contribution in [0, 0.1) is 0 Å². The van der Waals surface area contributed by atoms with Crippen LogP contribution in [0.1, 0.15) is 0 Å². The second-order valence-corrected chi connectivity index (χ2v) is 14.4. The van der Waals surface area contributed by atoms with Crippen molar-refractivity contribution in [3.63, 3.8) is 0 Å². The first-order chi connectivity index (χ1) is 25.3. The monoisotopic (exact) mass is 666 g/mol. The van der Waals surface area contributed by atoms with Gasteiger partial charge < -0.3 is 9.13 Å². The van der Waals surface area contributed by atoms with Crippen LogP contribution in [0.25, 0.3) is 97.4 Å². The van der Waals surface area contributed by atoms with Gasteiger partial charge in [0.1, 0.15) is 0 Å². The standard InChI is InChI=1S/C48H30N2S/c1-2-10-31(11-3-1)32-18-23-35(24-19-32)49-41-15-7-4-13-38(41)47-43(49)27-28-44-48(47)39-14-5-8-16-42(39)50(44)36-25-20-33(21-26-36)34-22-29-46-40(30-34)37-12-6-9-17-45(37)51-46/h1-30H. The third kappa shape index (κ3) is 4.29. The lowest BCUT2D eigenvalue weighted by Gasteiger charge is -2.11. The minimum absolute atomic E-state index is 1.16. The zero-order valence-corrected chi connectivity index (χ0v) is 28.4. The minimum atomic E-state index is 1.16. The fourth-order valence-electron chi connectivity index (χ4n) is 8.22. The largest absolute Gasteiger partial charge is 0.309 e. The first-order valence-electron chi connectivity index (χ1n) is 17.4. The van der Waals surface area contributed by atoms with Crippen LogP contribution in [-0.4, -0.2) is 9.13 Å². The predicted octanol–water partition coefficient (Wildman–Crippen LogP) is 13.6. The molecule has 3 aromatic heterocycles. The average molecular weight is 667 g/mol. The number of benzene rings is 8. The van der Waals surface area contributed by atoms with Gasteiger partial charge in [-0.05, 0) is 89.0 Å². The average Bonchev–Trinajstić information content (AvgIpc) is 3.86. The molecule has 238 valence electrons. The van der Waals surface area contributed by atoms with E-state index in [-0.39, 0.29) is 0 Å². The number of rotatable bonds is 4. The molecule has 0 N–H and O–H groups in total. The zero-order valence-electron chi connectivity index (χ0n) is 27.6. The lowest BCUT2D eigenvalue weighted by atomic mass is 10.0. The van der Waals surface area contributed by atoms with Gasteiger partial charge >= 0.3 is 0 Å². The van der Waals surface area contributed by atoms with Gasteiger partial charge in [-0.15, -0.1) is 11.3 Å². The molecule has 3 heteroatoms. The molecule has 0 amide bonds. The number of hydrogen-bond donors (Lipinski definition) is 0. The molecule has 0 aliphatic carbocycles. The van der Waals surface area contributed by atoms with Crippen molar-refractivity contribution in [3.05, 3.63) is 182 Å². The topological polar surface area (TPSA) is 9.86 Å². The number of hydrogen-bond acceptors (Lipinski definition) is 1. The smallest absolute Gasteiger partial charge is 0.0548 e. The summed E-state index contributed by atoms with van der Waals surface area (Å²) in [5.74, 6) is 0. The predicted molar refractivity (Wildman–Crippen MR) is 219 cm³/mol. The Morgan fingerprint density at radius 2 is 0.745 bits per heavy atom. The molecule has 0 fully saturated rings. The van der Waals surface area contributed by atoms with Gasteiger partial charge in [-0.3, -0.25) is 0 Å². The van der Waals surface area contributed by atoms with Gasteiger partial charge in [-0.2, -0.15) is 0 Å². The normalized spacial score (nSPS) is 11.9. The van der Waals surface area contributed by atoms with Crippen molar-refractivity contribution in [1.29, 1.82) is 0 Å². The third-order valence-electron chi connectivity index (χ3n) is 10.5. The summed E-state index contributed by atoms with van der Waals surface area (Å²) >= 11 is 1.86. The molecule has 0 radical (unpaired) electrons. The van der Waals surface area contributed by atoms with E-state index in [1.165, 1.54) is 86.0 Å². The Balaban J connectivity index is 1.08. The van der Waals surface area contributed by atoms with E-state index >= 15 is 0 Å². The first kappa shape index (κ1) is 28.4. The van der Waals surface area contributed by atoms with Gasteiger partial charge in [0, 0.05) is 53.1 Å². The summed E-state index contributed by atoms with van der Waals surface area (Å²) in [4.78, 5) is 0. The van der Waals surface area contributed by atoms with Crippen LogP contribution in [0.4, 0.5) is 0 Å². The number of para-hydroxylation sites is 2. The van der Waals surface area contributed by atoms with E-state index in [2.05, 4.69) is 191 Å². The Hall–Kier alpha value is -6.42. The highest BCUT2D eigenvalue weighted by Gasteiger charge is 2.20. The number of fused-ring (bicyclic) bond motifs is 10. The second-order valence-electron chi connectivity index (χ2n) is 13.3. The van der Waals surface area contributed by atoms with Gasteiger partial charge in [0.15, 0.2) is 0 Å². The Morgan fingerprint density at radius 3 is 1.35 bits per heavy atom. The first-order valence-corrected chi connectivity index (χ1v) is 18.3. The molecule has 0 spiro atoms. The highest BCUT2D eigenvalue weighted by Crippen LogP contribution is 2.43. The van der Waals surface area contributed by atoms with Crippen LogP contribution in [0.5, 0.6) is 0 Å². The molecule has 0 bridgehead atoms. The van der Waals surface area contributed by atoms with E-state index in [9.17, 15) is 0 Å². The molecule has 0 aliphatic heterocycles. The summed E-state index contributed by atoms with van der Waals surface area (Å²) in [6.45, 7) is 0. The van der Waals surface area contributed by atoms with Gasteiger partial charge in [0.05, 0.1) is 22.1 Å². The second kappa shape index (κ2) is 11.0. The summed E-state index contributed by atoms with van der Waals surface area (Å²) in [5.41, 5.74) is 12.1. The molecule has 51 heavy (non-hydrogen) atoms. The summed E-state index contributed by atoms with van der Waals surface area (Å²) in [6.07, 6.45) is 0. The van der Waals surface area contributed by atoms with Crippen LogP contribution in [-0.2, 0) is 0 Å². The van der Waals surface area contributed by atoms with E-state index in [1.54, 1.807) is 0 Å². The Morgan fingerprint density at radius 1 is 0.294 bits per heavy atom. The van der Waals surface area contributed by atoms with Crippen LogP contribution < -0.4 is 0 Å². The summed E-state index contributed by atoms with van der Waals surface area (Å²) in [7, 11) is 0. The molecule has 2 nitrogen and oxygen atoms in total. The lowest BCUT2D eigenvalue weighted by Crippen LogP contribution is -1.95. The molecule has 0 aliphatic rings. The number of nitrogens with zero attached hydrogens (tertiary/aromatic N) is 2. The van der Waals surface area contributed by atoms with Crippen LogP contribution in [0.2, 0.25) is 0 Å². The van der Waals surface area contributed by atoms with Gasteiger partial charge in [-0.1, -0.05) is 115 Å². The minimum Gasteiger partial charge on any atom is -0.309 e.